The quantitative estimate of drug-likeness (QED) is 0.455. The van der Waals surface area contributed by atoms with Crippen molar-refractivity contribution in [2.24, 2.45) is 0 Å². The maximum Gasteiger partial charge on any atom is 0.255 e. The Balaban J connectivity index is 2.11. The third-order valence-electron chi connectivity index (χ3n) is 5.29. The number of rotatable bonds is 6. The Hall–Kier alpha value is -2.61. The molecule has 3 rings (SSSR count). The molecule has 28 heavy (non-hydrogen) atoms. The fourth-order valence-corrected chi connectivity index (χ4v) is 3.97. The number of carbonyl (C=O) groups is 1. The third kappa shape index (κ3) is 4.27. The Morgan fingerprint density at radius 3 is 2.21 bits per heavy atom. The SMILES string of the molecule is CCCC[C@H](c1ccccc1)N(C(=O)c1cccc2ccccc12)C(C)(C)C. The first-order chi connectivity index (χ1) is 13.4. The Morgan fingerprint density at radius 1 is 0.893 bits per heavy atom. The molecule has 0 spiro atoms. The van der Waals surface area contributed by atoms with Crippen LogP contribution in [0.3, 0.4) is 0 Å². The Kier molecular flexibility index (Phi) is 6.18. The predicted octanol–water partition coefficient (Wildman–Crippen LogP) is 7.01. The van der Waals surface area contributed by atoms with Gasteiger partial charge >= 0.3 is 0 Å². The van der Waals surface area contributed by atoms with Gasteiger partial charge in [-0.15, -0.1) is 0 Å². The zero-order valence-corrected chi connectivity index (χ0v) is 17.5. The molecule has 0 radical (unpaired) electrons. The maximum absolute atomic E-state index is 13.9. The number of unbranched alkanes of at least 4 members (excludes halogenated alkanes) is 1. The number of hydrogen-bond donors (Lipinski definition) is 0. The second-order valence-electron chi connectivity index (χ2n) is 8.44. The fraction of sp³-hybridized carbons (Fsp3) is 0.346. The molecular formula is C26H31NO. The molecule has 2 heteroatoms. The Morgan fingerprint density at radius 2 is 1.54 bits per heavy atom. The van der Waals surface area contributed by atoms with Crippen molar-refractivity contribution in [1.29, 1.82) is 0 Å². The summed E-state index contributed by atoms with van der Waals surface area (Å²) in [6, 6.07) is 24.7. The van der Waals surface area contributed by atoms with E-state index in [0.29, 0.717) is 0 Å². The highest BCUT2D eigenvalue weighted by molar-refractivity contribution is 6.07. The molecule has 0 saturated carbocycles. The first-order valence-electron chi connectivity index (χ1n) is 10.3. The van der Waals surface area contributed by atoms with Gasteiger partial charge in [0.05, 0.1) is 6.04 Å². The lowest BCUT2D eigenvalue weighted by Crippen LogP contribution is -2.48. The van der Waals surface area contributed by atoms with Gasteiger partial charge in [-0.05, 0) is 49.6 Å². The minimum atomic E-state index is -0.289. The standard InChI is InChI=1S/C26H31NO/c1-5-6-19-24(21-14-8-7-9-15-21)27(26(2,3)4)25(28)23-18-12-16-20-13-10-11-17-22(20)23/h7-18,24H,5-6,19H2,1-4H3/t24-/m1/s1. The second kappa shape index (κ2) is 8.60. The average molecular weight is 374 g/mol. The van der Waals surface area contributed by atoms with Crippen molar-refractivity contribution in [2.45, 2.75) is 58.5 Å². The van der Waals surface area contributed by atoms with Gasteiger partial charge in [-0.2, -0.15) is 0 Å². The van der Waals surface area contributed by atoms with Crippen LogP contribution in [0.15, 0.2) is 72.8 Å². The van der Waals surface area contributed by atoms with Crippen LogP contribution in [-0.4, -0.2) is 16.3 Å². The molecule has 0 aliphatic carbocycles. The lowest BCUT2D eigenvalue weighted by molar-refractivity contribution is 0.0415. The molecule has 3 aromatic rings. The highest BCUT2D eigenvalue weighted by atomic mass is 16.2. The molecule has 146 valence electrons. The van der Waals surface area contributed by atoms with E-state index in [4.69, 9.17) is 0 Å². The van der Waals surface area contributed by atoms with Crippen LogP contribution in [-0.2, 0) is 0 Å². The average Bonchev–Trinajstić information content (AvgIpc) is 2.70. The van der Waals surface area contributed by atoms with Crippen molar-refractivity contribution >= 4 is 16.7 Å². The molecule has 0 aliphatic rings. The van der Waals surface area contributed by atoms with Crippen molar-refractivity contribution in [1.82, 2.24) is 4.90 Å². The van der Waals surface area contributed by atoms with E-state index in [2.05, 4.69) is 69.0 Å². The number of amides is 1. The van der Waals surface area contributed by atoms with E-state index in [-0.39, 0.29) is 17.5 Å². The molecule has 0 unspecified atom stereocenters. The first kappa shape index (κ1) is 20.1. The zero-order chi connectivity index (χ0) is 20.1. The van der Waals surface area contributed by atoms with E-state index in [1.165, 1.54) is 5.56 Å². The molecule has 1 atom stereocenters. The van der Waals surface area contributed by atoms with Crippen LogP contribution in [0.4, 0.5) is 0 Å². The summed E-state index contributed by atoms with van der Waals surface area (Å²) >= 11 is 0. The van der Waals surface area contributed by atoms with E-state index < -0.39 is 0 Å². The van der Waals surface area contributed by atoms with Crippen LogP contribution >= 0.6 is 0 Å². The Labute approximate surface area is 169 Å². The second-order valence-corrected chi connectivity index (χ2v) is 8.44. The minimum Gasteiger partial charge on any atom is -0.327 e. The maximum atomic E-state index is 13.9. The summed E-state index contributed by atoms with van der Waals surface area (Å²) in [5.41, 5.74) is 1.70. The van der Waals surface area contributed by atoms with Crippen molar-refractivity contribution in [3.8, 4) is 0 Å². The monoisotopic (exact) mass is 373 g/mol. The lowest BCUT2D eigenvalue weighted by Gasteiger charge is -2.42. The number of nitrogens with zero attached hydrogens (tertiary/aromatic N) is 1. The van der Waals surface area contributed by atoms with Gasteiger partial charge in [-0.1, -0.05) is 86.5 Å². The van der Waals surface area contributed by atoms with E-state index in [0.717, 1.165) is 35.6 Å². The molecule has 0 bridgehead atoms. The van der Waals surface area contributed by atoms with Crippen molar-refractivity contribution in [3.63, 3.8) is 0 Å². The summed E-state index contributed by atoms with van der Waals surface area (Å²) in [6.07, 6.45) is 3.17. The molecule has 0 aliphatic heterocycles. The smallest absolute Gasteiger partial charge is 0.255 e. The molecule has 0 fully saturated rings. The largest absolute Gasteiger partial charge is 0.327 e. The number of carbonyl (C=O) groups excluding carboxylic acids is 1. The molecule has 0 aromatic heterocycles. The fourth-order valence-electron chi connectivity index (χ4n) is 3.97. The Bertz CT molecular complexity index is 919. The van der Waals surface area contributed by atoms with Gasteiger partial charge in [-0.3, -0.25) is 4.79 Å². The van der Waals surface area contributed by atoms with Gasteiger partial charge in [0.15, 0.2) is 0 Å². The van der Waals surface area contributed by atoms with Gasteiger partial charge in [-0.25, -0.2) is 0 Å². The molecule has 0 saturated heterocycles. The zero-order valence-electron chi connectivity index (χ0n) is 17.5. The van der Waals surface area contributed by atoms with Crippen molar-refractivity contribution < 1.29 is 4.79 Å². The van der Waals surface area contributed by atoms with E-state index in [9.17, 15) is 4.79 Å². The lowest BCUT2D eigenvalue weighted by atomic mass is 9.92. The van der Waals surface area contributed by atoms with Crippen LogP contribution < -0.4 is 0 Å². The van der Waals surface area contributed by atoms with Crippen LogP contribution in [0.2, 0.25) is 0 Å². The van der Waals surface area contributed by atoms with Crippen LogP contribution in [0.1, 0.15) is 68.9 Å². The normalized spacial score (nSPS) is 12.7. The summed E-state index contributed by atoms with van der Waals surface area (Å²) in [4.78, 5) is 16.0. The highest BCUT2D eigenvalue weighted by Gasteiger charge is 2.34. The van der Waals surface area contributed by atoms with Crippen molar-refractivity contribution in [3.05, 3.63) is 83.9 Å². The molecule has 1 amide bonds. The van der Waals surface area contributed by atoms with E-state index >= 15 is 0 Å². The van der Waals surface area contributed by atoms with Crippen LogP contribution in [0.25, 0.3) is 10.8 Å². The molecular weight excluding hydrogens is 342 g/mol. The van der Waals surface area contributed by atoms with Gasteiger partial charge in [0.25, 0.3) is 5.91 Å². The summed E-state index contributed by atoms with van der Waals surface area (Å²) in [5.74, 6) is 0.106. The summed E-state index contributed by atoms with van der Waals surface area (Å²) < 4.78 is 0. The number of fused-ring (bicyclic) bond motifs is 1. The first-order valence-corrected chi connectivity index (χ1v) is 10.3. The van der Waals surface area contributed by atoms with Crippen LogP contribution in [0.5, 0.6) is 0 Å². The molecule has 3 aromatic carbocycles. The molecule has 0 N–H and O–H groups in total. The third-order valence-corrected chi connectivity index (χ3v) is 5.29. The van der Waals surface area contributed by atoms with Gasteiger partial charge in [0.1, 0.15) is 0 Å². The summed E-state index contributed by atoms with van der Waals surface area (Å²) in [5, 5.41) is 2.12. The highest BCUT2D eigenvalue weighted by Crippen LogP contribution is 2.35. The van der Waals surface area contributed by atoms with E-state index in [1.807, 2.05) is 36.4 Å². The molecule has 0 heterocycles. The predicted molar refractivity (Wildman–Crippen MR) is 119 cm³/mol. The van der Waals surface area contributed by atoms with Gasteiger partial charge in [0.2, 0.25) is 0 Å². The topological polar surface area (TPSA) is 20.3 Å². The molecule has 2 nitrogen and oxygen atoms in total. The summed E-state index contributed by atoms with van der Waals surface area (Å²) in [7, 11) is 0. The number of benzene rings is 3. The minimum absolute atomic E-state index is 0.0626. The number of hydrogen-bond acceptors (Lipinski definition) is 1. The van der Waals surface area contributed by atoms with E-state index in [1.54, 1.807) is 0 Å². The summed E-state index contributed by atoms with van der Waals surface area (Å²) in [6.45, 7) is 8.61. The van der Waals surface area contributed by atoms with Crippen LogP contribution in [0, 0.1) is 0 Å². The van der Waals surface area contributed by atoms with Gasteiger partial charge < -0.3 is 4.90 Å². The van der Waals surface area contributed by atoms with Crippen molar-refractivity contribution in [2.75, 3.05) is 0 Å². The van der Waals surface area contributed by atoms with Gasteiger partial charge in [0, 0.05) is 11.1 Å².